The van der Waals surface area contributed by atoms with Gasteiger partial charge in [-0.3, -0.25) is 0 Å². The number of piperidine rings is 1. The first kappa shape index (κ1) is 26.7. The Kier molecular flexibility index (Phi) is 7.32. The predicted octanol–water partition coefficient (Wildman–Crippen LogP) is 4.61. The van der Waals surface area contributed by atoms with E-state index in [1.165, 1.54) is 0 Å². The maximum Gasteiger partial charge on any atom is 0.573 e. The third-order valence-electron chi connectivity index (χ3n) is 5.34. The van der Waals surface area contributed by atoms with Gasteiger partial charge in [-0.15, -0.1) is 13.2 Å². The van der Waals surface area contributed by atoms with Crippen molar-refractivity contribution in [3.63, 3.8) is 0 Å². The maximum absolute atomic E-state index is 13.3. The monoisotopic (exact) mass is 515 g/mol. The average Bonchev–Trinajstić information content (AvgIpc) is 3.17. The Morgan fingerprint density at radius 2 is 1.83 bits per heavy atom. The van der Waals surface area contributed by atoms with E-state index >= 15 is 0 Å². The van der Waals surface area contributed by atoms with Gasteiger partial charge in [-0.05, 0) is 6.07 Å². The Labute approximate surface area is 193 Å². The molecule has 1 unspecified atom stereocenters. The largest absolute Gasteiger partial charge is 0.573 e. The van der Waals surface area contributed by atoms with Crippen LogP contribution in [0.3, 0.4) is 0 Å². The molecule has 3 rings (SSSR count). The molecule has 1 fully saturated rings. The number of nitrogens with zero attached hydrogens (tertiary/aromatic N) is 4. The second-order valence-corrected chi connectivity index (χ2v) is 7.97. The van der Waals surface area contributed by atoms with E-state index in [4.69, 9.17) is 5.73 Å². The molecule has 3 heterocycles. The van der Waals surface area contributed by atoms with Crippen LogP contribution in [-0.2, 0) is 0 Å². The number of imidazole rings is 1. The van der Waals surface area contributed by atoms with Crippen LogP contribution in [0.25, 0.3) is 17.0 Å². The van der Waals surface area contributed by atoms with Gasteiger partial charge < -0.3 is 25.0 Å². The first-order valence-corrected chi connectivity index (χ1v) is 10.2. The fraction of sp³-hybridized carbons (Fsp3) is 0.500. The molecule has 1 aliphatic rings. The number of aliphatic hydroxyl groups excluding tert-OH is 1. The van der Waals surface area contributed by atoms with Gasteiger partial charge in [0.1, 0.15) is 0 Å². The summed E-state index contributed by atoms with van der Waals surface area (Å²) in [4.78, 5) is 9.00. The Morgan fingerprint density at radius 3 is 2.40 bits per heavy atom. The van der Waals surface area contributed by atoms with Gasteiger partial charge in [0.15, 0.2) is 17.4 Å². The number of pyridine rings is 1. The van der Waals surface area contributed by atoms with Crippen molar-refractivity contribution in [1.29, 1.82) is 0 Å². The van der Waals surface area contributed by atoms with E-state index in [0.29, 0.717) is 0 Å². The molecule has 7 nitrogen and oxygen atoms in total. The van der Waals surface area contributed by atoms with E-state index < -0.39 is 42.0 Å². The summed E-state index contributed by atoms with van der Waals surface area (Å²) in [5.41, 5.74) is 4.99. The zero-order valence-electron chi connectivity index (χ0n) is 18.0. The standard InChI is InChI=1S/C20H21F8N5O2/c1-11(2-5-32-6-3-18(21,22)4-7-32)33-10-13(31-17(33)15(34)19(23,24)25)12-8-14(16(29)30-9-12)35-20(26,27)28/h8-10,15,34H,1-7H2,(H2,29,30). The highest BCUT2D eigenvalue weighted by atomic mass is 19.4. The number of ether oxygens (including phenoxy) is 1. The van der Waals surface area contributed by atoms with Crippen molar-refractivity contribution >= 4 is 11.5 Å². The van der Waals surface area contributed by atoms with Crippen LogP contribution in [0.5, 0.6) is 5.75 Å². The zero-order chi connectivity index (χ0) is 26.2. The molecule has 0 bridgehead atoms. The number of aromatic nitrogens is 3. The van der Waals surface area contributed by atoms with Gasteiger partial charge >= 0.3 is 12.5 Å². The van der Waals surface area contributed by atoms with E-state index in [-0.39, 0.29) is 55.9 Å². The molecule has 0 aliphatic carbocycles. The highest BCUT2D eigenvalue weighted by Gasteiger charge is 2.43. The van der Waals surface area contributed by atoms with Crippen molar-refractivity contribution in [3.05, 3.63) is 30.9 Å². The molecular formula is C20H21F8N5O2. The molecule has 3 N–H and O–H groups in total. The quantitative estimate of drug-likeness (QED) is 0.524. The summed E-state index contributed by atoms with van der Waals surface area (Å²) in [5.74, 6) is -5.14. The number of anilines is 1. The Morgan fingerprint density at radius 1 is 1.20 bits per heavy atom. The number of hydrogen-bond acceptors (Lipinski definition) is 6. The summed E-state index contributed by atoms with van der Waals surface area (Å²) in [6.45, 7) is 4.10. The summed E-state index contributed by atoms with van der Waals surface area (Å²) in [6, 6.07) is 0.795. The lowest BCUT2D eigenvalue weighted by Crippen LogP contribution is -2.39. The molecular weight excluding hydrogens is 494 g/mol. The van der Waals surface area contributed by atoms with Crippen molar-refractivity contribution in [2.24, 2.45) is 0 Å². The molecule has 1 saturated heterocycles. The topological polar surface area (TPSA) is 89.4 Å². The van der Waals surface area contributed by atoms with Crippen molar-refractivity contribution in [2.75, 3.05) is 25.4 Å². The number of nitrogens with two attached hydrogens (primary N) is 1. The van der Waals surface area contributed by atoms with Crippen LogP contribution in [0.15, 0.2) is 25.0 Å². The van der Waals surface area contributed by atoms with Crippen LogP contribution >= 0.6 is 0 Å². The second kappa shape index (κ2) is 9.60. The molecule has 0 saturated carbocycles. The van der Waals surface area contributed by atoms with Gasteiger partial charge in [0, 0.05) is 62.6 Å². The summed E-state index contributed by atoms with van der Waals surface area (Å²) in [5, 5.41) is 9.82. The Hall–Kier alpha value is -2.94. The third-order valence-corrected chi connectivity index (χ3v) is 5.34. The normalized spacial score (nSPS) is 17.9. The van der Waals surface area contributed by atoms with E-state index in [2.05, 4.69) is 21.3 Å². The fourth-order valence-electron chi connectivity index (χ4n) is 3.44. The molecule has 0 spiro atoms. The molecule has 15 heteroatoms. The molecule has 0 aromatic carbocycles. The average molecular weight is 515 g/mol. The number of alkyl halides is 8. The van der Waals surface area contributed by atoms with Gasteiger partial charge in [-0.1, -0.05) is 6.58 Å². The van der Waals surface area contributed by atoms with Gasteiger partial charge in [0.2, 0.25) is 6.10 Å². The fourth-order valence-corrected chi connectivity index (χ4v) is 3.44. The zero-order valence-corrected chi connectivity index (χ0v) is 18.0. The van der Waals surface area contributed by atoms with E-state index in [1.807, 2.05) is 0 Å². The van der Waals surface area contributed by atoms with Gasteiger partial charge in [-0.2, -0.15) is 13.2 Å². The first-order chi connectivity index (χ1) is 16.1. The molecule has 2 aromatic heterocycles. The number of hydrogen-bond donors (Lipinski definition) is 2. The Bertz CT molecular complexity index is 1060. The second-order valence-electron chi connectivity index (χ2n) is 7.97. The highest BCUT2D eigenvalue weighted by Crippen LogP contribution is 2.36. The number of aliphatic hydroxyl groups is 1. The van der Waals surface area contributed by atoms with E-state index in [0.717, 1.165) is 23.0 Å². The van der Waals surface area contributed by atoms with Gasteiger partial charge in [-0.25, -0.2) is 18.7 Å². The number of likely N-dealkylation sites (tertiary alicyclic amines) is 1. The lowest BCUT2D eigenvalue weighted by atomic mass is 10.1. The minimum atomic E-state index is -5.11. The minimum absolute atomic E-state index is 0.0430. The van der Waals surface area contributed by atoms with Crippen LogP contribution in [0, 0.1) is 0 Å². The lowest BCUT2D eigenvalue weighted by molar-refractivity contribution is -0.274. The summed E-state index contributed by atoms with van der Waals surface area (Å²) in [6.07, 6.45) is -11.9. The predicted molar refractivity (Wildman–Crippen MR) is 108 cm³/mol. The smallest absolute Gasteiger partial charge is 0.402 e. The van der Waals surface area contributed by atoms with Gasteiger partial charge in [0.25, 0.3) is 5.92 Å². The highest BCUT2D eigenvalue weighted by molar-refractivity contribution is 5.65. The van der Waals surface area contributed by atoms with E-state index in [9.17, 15) is 40.2 Å². The minimum Gasteiger partial charge on any atom is -0.402 e. The van der Waals surface area contributed by atoms with Crippen LogP contribution in [0.2, 0.25) is 0 Å². The molecule has 1 atom stereocenters. The summed E-state index contributed by atoms with van der Waals surface area (Å²) in [7, 11) is 0. The van der Waals surface area contributed by atoms with Gasteiger partial charge in [0.05, 0.1) is 5.69 Å². The molecule has 0 radical (unpaired) electrons. The summed E-state index contributed by atoms with van der Waals surface area (Å²) < 4.78 is 109. The van der Waals surface area contributed by atoms with Crippen molar-refractivity contribution in [1.82, 2.24) is 19.4 Å². The molecule has 1 aliphatic heterocycles. The molecule has 194 valence electrons. The molecule has 2 aromatic rings. The SMILES string of the molecule is C=C(CCN1CCC(F)(F)CC1)n1cc(-c2cnc(N)c(OC(F)(F)F)c2)nc1C(O)C(F)(F)F. The van der Waals surface area contributed by atoms with Crippen LogP contribution in [0.1, 0.15) is 31.2 Å². The van der Waals surface area contributed by atoms with Crippen LogP contribution < -0.4 is 10.5 Å². The lowest BCUT2D eigenvalue weighted by Gasteiger charge is -2.31. The van der Waals surface area contributed by atoms with Crippen LogP contribution in [0.4, 0.5) is 40.9 Å². The number of rotatable bonds is 7. The third kappa shape index (κ3) is 6.81. The van der Waals surface area contributed by atoms with Crippen LogP contribution in [-0.4, -0.2) is 62.6 Å². The number of halogens is 8. The molecule has 0 amide bonds. The van der Waals surface area contributed by atoms with Crippen molar-refractivity contribution in [2.45, 2.75) is 43.8 Å². The molecule has 35 heavy (non-hydrogen) atoms. The number of nitrogen functional groups attached to an aromatic ring is 1. The maximum atomic E-state index is 13.3. The van der Waals surface area contributed by atoms with Crippen molar-refractivity contribution < 1.29 is 45.0 Å². The summed E-state index contributed by atoms with van der Waals surface area (Å²) >= 11 is 0. The Balaban J connectivity index is 1.88. The first-order valence-electron chi connectivity index (χ1n) is 10.2. The van der Waals surface area contributed by atoms with Crippen molar-refractivity contribution in [3.8, 4) is 17.0 Å². The van der Waals surface area contributed by atoms with E-state index in [1.54, 1.807) is 4.90 Å².